The molecule has 10 nitrogen and oxygen atoms in total. The summed E-state index contributed by atoms with van der Waals surface area (Å²) >= 11 is 0. The lowest BCUT2D eigenvalue weighted by molar-refractivity contribution is -0.384. The van der Waals surface area contributed by atoms with Gasteiger partial charge in [-0.05, 0) is 25.3 Å². The molecular formula is C20H30N6O4Si. The minimum absolute atomic E-state index is 0.0820. The van der Waals surface area contributed by atoms with E-state index in [-0.39, 0.29) is 17.6 Å². The van der Waals surface area contributed by atoms with E-state index in [1.54, 1.807) is 6.20 Å². The van der Waals surface area contributed by atoms with E-state index in [4.69, 9.17) is 9.47 Å². The van der Waals surface area contributed by atoms with Crippen molar-refractivity contribution in [3.63, 3.8) is 0 Å². The molecule has 11 heteroatoms. The van der Waals surface area contributed by atoms with Crippen molar-refractivity contribution in [3.05, 3.63) is 28.2 Å². The van der Waals surface area contributed by atoms with Crippen molar-refractivity contribution < 1.29 is 14.4 Å². The van der Waals surface area contributed by atoms with Crippen molar-refractivity contribution in [1.82, 2.24) is 19.7 Å². The summed E-state index contributed by atoms with van der Waals surface area (Å²) in [6, 6.07) is 2.58. The molecule has 1 N–H and O–H groups in total. The van der Waals surface area contributed by atoms with E-state index in [0.717, 1.165) is 37.7 Å². The fraction of sp³-hybridized carbons (Fsp3) is 0.650. The highest BCUT2D eigenvalue weighted by atomic mass is 28.3. The molecule has 4 rings (SSSR count). The van der Waals surface area contributed by atoms with Crippen molar-refractivity contribution in [1.29, 1.82) is 0 Å². The molecule has 1 aliphatic heterocycles. The number of hydrogen-bond acceptors (Lipinski definition) is 8. The Hall–Kier alpha value is -2.37. The predicted octanol–water partition coefficient (Wildman–Crippen LogP) is 3.64. The number of rotatable bonds is 11. The van der Waals surface area contributed by atoms with Crippen LogP contribution in [-0.2, 0) is 16.2 Å². The molecule has 0 spiro atoms. The quantitative estimate of drug-likeness (QED) is 0.241. The summed E-state index contributed by atoms with van der Waals surface area (Å²) in [6.45, 7) is 9.20. The Morgan fingerprint density at radius 2 is 2.10 bits per heavy atom. The molecule has 0 aromatic carbocycles. The van der Waals surface area contributed by atoms with E-state index in [1.165, 1.54) is 6.07 Å². The molecule has 1 saturated carbocycles. The Morgan fingerprint density at radius 1 is 1.32 bits per heavy atom. The Kier molecular flexibility index (Phi) is 6.35. The monoisotopic (exact) mass is 446 g/mol. The minimum atomic E-state index is -1.19. The second-order valence-electron chi connectivity index (χ2n) is 9.44. The van der Waals surface area contributed by atoms with E-state index in [0.29, 0.717) is 37.2 Å². The van der Waals surface area contributed by atoms with E-state index in [9.17, 15) is 10.1 Å². The molecule has 2 aromatic heterocycles. The zero-order chi connectivity index (χ0) is 22.0. The van der Waals surface area contributed by atoms with E-state index in [1.807, 2.05) is 4.57 Å². The van der Waals surface area contributed by atoms with Crippen molar-refractivity contribution in [3.8, 4) is 11.4 Å². The average molecular weight is 447 g/mol. The maximum absolute atomic E-state index is 11.7. The standard InChI is InChI=1S/C20H30N6O4Si/c1-31(2,3)9-8-29-13-25-19(14-4-5-14)23-24-20(25)15-10-17(26(27)28)18(21-11-15)22-12-16-6-7-30-16/h10-11,14,16H,4-9,12-13H2,1-3H3,(H,21,22). The van der Waals surface area contributed by atoms with Gasteiger partial charge < -0.3 is 14.8 Å². The zero-order valence-corrected chi connectivity index (χ0v) is 19.3. The number of anilines is 1. The molecule has 2 fully saturated rings. The molecule has 1 atom stereocenters. The molecule has 3 heterocycles. The summed E-state index contributed by atoms with van der Waals surface area (Å²) in [7, 11) is -1.19. The highest BCUT2D eigenvalue weighted by Gasteiger charge is 2.31. The Morgan fingerprint density at radius 3 is 2.71 bits per heavy atom. The van der Waals surface area contributed by atoms with Crippen molar-refractivity contribution in [2.75, 3.05) is 25.1 Å². The molecule has 1 aliphatic carbocycles. The van der Waals surface area contributed by atoms with Crippen LogP contribution in [0.25, 0.3) is 11.4 Å². The van der Waals surface area contributed by atoms with E-state index >= 15 is 0 Å². The minimum Gasteiger partial charge on any atom is -0.376 e. The first kappa shape index (κ1) is 21.8. The van der Waals surface area contributed by atoms with Gasteiger partial charge in [0.15, 0.2) is 5.82 Å². The fourth-order valence-electron chi connectivity index (χ4n) is 3.34. The number of nitrogens with zero attached hydrogens (tertiary/aromatic N) is 5. The van der Waals surface area contributed by atoms with Crippen LogP contribution in [-0.4, -0.2) is 58.6 Å². The SMILES string of the molecule is C[Si](C)(C)CCOCn1c(-c2cnc(NCC3CCO3)c([N+](=O)[O-])c2)nnc1C1CC1. The number of ether oxygens (including phenoxy) is 2. The van der Waals surface area contributed by atoms with Gasteiger partial charge in [-0.1, -0.05) is 19.6 Å². The van der Waals surface area contributed by atoms with Crippen LogP contribution in [0.4, 0.5) is 11.5 Å². The first-order chi connectivity index (χ1) is 14.8. The zero-order valence-electron chi connectivity index (χ0n) is 18.3. The fourth-order valence-corrected chi connectivity index (χ4v) is 4.10. The summed E-state index contributed by atoms with van der Waals surface area (Å²) in [5, 5.41) is 23.4. The maximum atomic E-state index is 11.7. The number of nitrogens with one attached hydrogen (secondary N) is 1. The normalized spacial score (nSPS) is 18.6. The van der Waals surface area contributed by atoms with Crippen molar-refractivity contribution >= 4 is 19.6 Å². The average Bonchev–Trinajstić information content (AvgIpc) is 3.43. The van der Waals surface area contributed by atoms with Gasteiger partial charge in [0.25, 0.3) is 0 Å². The molecule has 1 unspecified atom stereocenters. The summed E-state index contributed by atoms with van der Waals surface area (Å²) in [4.78, 5) is 15.6. The number of hydrogen-bond donors (Lipinski definition) is 1. The van der Waals surface area contributed by atoms with Crippen molar-refractivity contribution in [2.45, 2.75) is 63.7 Å². The summed E-state index contributed by atoms with van der Waals surface area (Å²) in [6.07, 6.45) is 4.80. The van der Waals surface area contributed by atoms with Crippen LogP contribution in [0, 0.1) is 10.1 Å². The lowest BCUT2D eigenvalue weighted by Crippen LogP contribution is -2.33. The lowest BCUT2D eigenvalue weighted by Gasteiger charge is -2.26. The van der Waals surface area contributed by atoms with Crippen LogP contribution in [0.3, 0.4) is 0 Å². The second-order valence-corrected chi connectivity index (χ2v) is 15.1. The molecule has 0 radical (unpaired) electrons. The van der Waals surface area contributed by atoms with Crippen LogP contribution < -0.4 is 5.32 Å². The molecule has 0 bridgehead atoms. The third kappa shape index (κ3) is 5.46. The second kappa shape index (κ2) is 9.01. The summed E-state index contributed by atoms with van der Waals surface area (Å²) in [5.41, 5.74) is 0.476. The van der Waals surface area contributed by atoms with Crippen LogP contribution in [0.5, 0.6) is 0 Å². The van der Waals surface area contributed by atoms with Crippen LogP contribution in [0.15, 0.2) is 12.3 Å². The molecular weight excluding hydrogens is 416 g/mol. The van der Waals surface area contributed by atoms with Gasteiger partial charge in [0.05, 0.1) is 11.0 Å². The van der Waals surface area contributed by atoms with Gasteiger partial charge >= 0.3 is 5.69 Å². The van der Waals surface area contributed by atoms with Crippen molar-refractivity contribution in [2.24, 2.45) is 0 Å². The van der Waals surface area contributed by atoms with Gasteiger partial charge in [0.1, 0.15) is 12.6 Å². The lowest BCUT2D eigenvalue weighted by atomic mass is 10.2. The molecule has 31 heavy (non-hydrogen) atoms. The largest absolute Gasteiger partial charge is 0.376 e. The van der Waals surface area contributed by atoms with Gasteiger partial charge in [-0.3, -0.25) is 14.7 Å². The third-order valence-electron chi connectivity index (χ3n) is 5.55. The predicted molar refractivity (Wildman–Crippen MR) is 119 cm³/mol. The number of aromatic nitrogens is 4. The third-order valence-corrected chi connectivity index (χ3v) is 7.26. The first-order valence-electron chi connectivity index (χ1n) is 10.8. The molecule has 2 aromatic rings. The Balaban J connectivity index is 1.54. The van der Waals surface area contributed by atoms with Gasteiger partial charge in [-0.15, -0.1) is 10.2 Å². The van der Waals surface area contributed by atoms with E-state index < -0.39 is 13.0 Å². The van der Waals surface area contributed by atoms with Gasteiger partial charge in [-0.2, -0.15) is 0 Å². The van der Waals surface area contributed by atoms with Gasteiger partial charge in [0, 0.05) is 51.6 Å². The van der Waals surface area contributed by atoms with Crippen LogP contribution in [0.2, 0.25) is 25.7 Å². The smallest absolute Gasteiger partial charge is 0.312 e. The Labute approximate surface area is 182 Å². The Bertz CT molecular complexity index is 936. The summed E-state index contributed by atoms with van der Waals surface area (Å²) in [5.74, 6) is 2.06. The maximum Gasteiger partial charge on any atom is 0.312 e. The first-order valence-corrected chi connectivity index (χ1v) is 14.5. The van der Waals surface area contributed by atoms with Crippen LogP contribution >= 0.6 is 0 Å². The number of nitro groups is 1. The molecule has 0 amide bonds. The number of pyridine rings is 1. The van der Waals surface area contributed by atoms with E-state index in [2.05, 4.69) is 40.1 Å². The van der Waals surface area contributed by atoms with Crippen LogP contribution in [0.1, 0.15) is 31.0 Å². The molecule has 2 aliphatic rings. The topological polar surface area (TPSA) is 117 Å². The molecule has 168 valence electrons. The highest BCUT2D eigenvalue weighted by Crippen LogP contribution is 2.40. The highest BCUT2D eigenvalue weighted by molar-refractivity contribution is 6.76. The van der Waals surface area contributed by atoms with Gasteiger partial charge in [0.2, 0.25) is 5.82 Å². The van der Waals surface area contributed by atoms with Gasteiger partial charge in [-0.25, -0.2) is 4.98 Å². The summed E-state index contributed by atoms with van der Waals surface area (Å²) < 4.78 is 13.3. The molecule has 1 saturated heterocycles.